The quantitative estimate of drug-likeness (QED) is 0.672. The third kappa shape index (κ3) is 5.86. The van der Waals surface area contributed by atoms with E-state index in [0.717, 1.165) is 18.6 Å². The van der Waals surface area contributed by atoms with Crippen molar-refractivity contribution in [2.24, 2.45) is 0 Å². The lowest BCUT2D eigenvalue weighted by Gasteiger charge is -2.22. The molecule has 0 rings (SSSR count). The second-order valence-electron chi connectivity index (χ2n) is 3.48. The lowest BCUT2D eigenvalue weighted by Crippen LogP contribution is -2.27. The third-order valence-corrected chi connectivity index (χ3v) is 3.57. The Morgan fingerprint density at radius 2 is 2.08 bits per heavy atom. The lowest BCUT2D eigenvalue weighted by atomic mass is 10.1. The number of rotatable bonds is 6. The molecule has 0 heterocycles. The van der Waals surface area contributed by atoms with Crippen molar-refractivity contribution in [2.75, 3.05) is 12.4 Å². The second-order valence-corrected chi connectivity index (χ2v) is 4.91. The van der Waals surface area contributed by atoms with Crippen LogP contribution in [0, 0.1) is 0 Å². The Balaban J connectivity index is 3.52. The first-order chi connectivity index (χ1) is 5.52. The van der Waals surface area contributed by atoms with Crippen LogP contribution in [0.3, 0.4) is 0 Å². The summed E-state index contributed by atoms with van der Waals surface area (Å²) in [5.74, 6) is 0.755. The highest BCUT2D eigenvalue weighted by Gasteiger charge is 2.18. The topological polar surface area (TPSA) is 40.5 Å². The molecule has 0 saturated carbocycles. The molecule has 0 radical (unpaired) electrons. The number of thioether (sulfide) groups is 1. The first-order valence-electron chi connectivity index (χ1n) is 4.46. The third-order valence-electron chi connectivity index (χ3n) is 1.98. The summed E-state index contributed by atoms with van der Waals surface area (Å²) in [5, 5.41) is 18.7. The molecule has 2 N–H and O–H groups in total. The highest BCUT2D eigenvalue weighted by molar-refractivity contribution is 7.99. The molecular weight excluding hydrogens is 172 g/mol. The van der Waals surface area contributed by atoms with Crippen LogP contribution in [0.4, 0.5) is 0 Å². The van der Waals surface area contributed by atoms with Gasteiger partial charge in [0, 0.05) is 17.6 Å². The van der Waals surface area contributed by atoms with Crippen LogP contribution in [0.1, 0.15) is 33.6 Å². The zero-order chi connectivity index (χ0) is 9.61. The van der Waals surface area contributed by atoms with Gasteiger partial charge in [0.25, 0.3) is 0 Å². The van der Waals surface area contributed by atoms with Crippen LogP contribution in [0.25, 0.3) is 0 Å². The van der Waals surface area contributed by atoms with Crippen molar-refractivity contribution in [3.63, 3.8) is 0 Å². The minimum absolute atomic E-state index is 0.239. The van der Waals surface area contributed by atoms with Gasteiger partial charge in [-0.15, -0.1) is 0 Å². The van der Waals surface area contributed by atoms with E-state index >= 15 is 0 Å². The van der Waals surface area contributed by atoms with Gasteiger partial charge in [0.15, 0.2) is 0 Å². The Morgan fingerprint density at radius 1 is 1.50 bits per heavy atom. The predicted octanol–water partition coefficient (Wildman–Crippen LogP) is 1.65. The minimum Gasteiger partial charge on any atom is -0.396 e. The Morgan fingerprint density at radius 3 is 2.50 bits per heavy atom. The van der Waals surface area contributed by atoms with E-state index in [4.69, 9.17) is 5.11 Å². The summed E-state index contributed by atoms with van der Waals surface area (Å²) >= 11 is 1.72. The van der Waals surface area contributed by atoms with E-state index in [2.05, 4.69) is 6.92 Å². The molecular formula is C9H20O2S. The van der Waals surface area contributed by atoms with Gasteiger partial charge in [-0.2, -0.15) is 11.8 Å². The smallest absolute Gasteiger partial charge is 0.0707 e. The van der Waals surface area contributed by atoms with Gasteiger partial charge >= 0.3 is 0 Å². The van der Waals surface area contributed by atoms with Crippen molar-refractivity contribution in [1.29, 1.82) is 0 Å². The average Bonchev–Trinajstić information content (AvgIpc) is 2.02. The molecule has 0 saturated heterocycles. The maximum absolute atomic E-state index is 9.66. The fourth-order valence-corrected chi connectivity index (χ4v) is 1.81. The highest BCUT2D eigenvalue weighted by atomic mass is 32.2. The van der Waals surface area contributed by atoms with Gasteiger partial charge in [0.2, 0.25) is 0 Å². The summed E-state index contributed by atoms with van der Waals surface area (Å²) in [6, 6.07) is 0. The number of aliphatic hydroxyl groups is 2. The van der Waals surface area contributed by atoms with Crippen LogP contribution in [0.2, 0.25) is 0 Å². The maximum Gasteiger partial charge on any atom is 0.0707 e. The summed E-state index contributed by atoms with van der Waals surface area (Å²) in [5.41, 5.74) is -0.547. The molecule has 0 aromatic heterocycles. The zero-order valence-electron chi connectivity index (χ0n) is 8.21. The first-order valence-corrected chi connectivity index (χ1v) is 5.51. The molecule has 2 atom stereocenters. The van der Waals surface area contributed by atoms with Gasteiger partial charge < -0.3 is 10.2 Å². The van der Waals surface area contributed by atoms with E-state index in [-0.39, 0.29) is 6.61 Å². The Labute approximate surface area is 79.4 Å². The maximum atomic E-state index is 9.66. The van der Waals surface area contributed by atoms with Crippen molar-refractivity contribution >= 4 is 11.8 Å². The summed E-state index contributed by atoms with van der Waals surface area (Å²) in [4.78, 5) is 0. The molecule has 3 heteroatoms. The van der Waals surface area contributed by atoms with Crippen LogP contribution >= 0.6 is 11.8 Å². The summed E-state index contributed by atoms with van der Waals surface area (Å²) in [6.45, 7) is 6.15. The summed E-state index contributed by atoms with van der Waals surface area (Å²) in [7, 11) is 0. The summed E-state index contributed by atoms with van der Waals surface area (Å²) in [6.07, 6.45) is 1.59. The van der Waals surface area contributed by atoms with Crippen LogP contribution in [0.15, 0.2) is 0 Å². The Hall–Kier alpha value is 0.270. The molecule has 0 amide bonds. The van der Waals surface area contributed by atoms with Crippen molar-refractivity contribution < 1.29 is 10.2 Å². The van der Waals surface area contributed by atoms with E-state index in [9.17, 15) is 5.11 Å². The van der Waals surface area contributed by atoms with Gasteiger partial charge in [-0.25, -0.2) is 0 Å². The van der Waals surface area contributed by atoms with E-state index in [0.29, 0.717) is 5.25 Å². The van der Waals surface area contributed by atoms with E-state index in [1.54, 1.807) is 11.8 Å². The fourth-order valence-electron chi connectivity index (χ4n) is 0.689. The fraction of sp³-hybridized carbons (Fsp3) is 1.00. The van der Waals surface area contributed by atoms with Gasteiger partial charge in [-0.3, -0.25) is 0 Å². The van der Waals surface area contributed by atoms with Crippen LogP contribution in [-0.4, -0.2) is 33.4 Å². The Bertz CT molecular complexity index is 115. The molecule has 0 aromatic carbocycles. The van der Waals surface area contributed by atoms with Crippen LogP contribution in [0.5, 0.6) is 0 Å². The molecule has 0 bridgehead atoms. The molecule has 0 spiro atoms. The molecule has 2 unspecified atom stereocenters. The summed E-state index contributed by atoms with van der Waals surface area (Å²) < 4.78 is 0. The highest BCUT2D eigenvalue weighted by Crippen LogP contribution is 2.21. The zero-order valence-corrected chi connectivity index (χ0v) is 9.02. The van der Waals surface area contributed by atoms with Gasteiger partial charge in [-0.1, -0.05) is 13.8 Å². The van der Waals surface area contributed by atoms with Gasteiger partial charge in [0.1, 0.15) is 0 Å². The largest absolute Gasteiger partial charge is 0.396 e. The first kappa shape index (κ1) is 12.3. The minimum atomic E-state index is -0.547. The number of hydrogen-bond donors (Lipinski definition) is 2. The number of hydrogen-bond acceptors (Lipinski definition) is 3. The van der Waals surface area contributed by atoms with E-state index < -0.39 is 5.60 Å². The molecule has 0 aromatic rings. The van der Waals surface area contributed by atoms with E-state index in [1.165, 1.54) is 0 Å². The predicted molar refractivity (Wildman–Crippen MR) is 54.5 cm³/mol. The van der Waals surface area contributed by atoms with Crippen molar-refractivity contribution in [3.05, 3.63) is 0 Å². The average molecular weight is 192 g/mol. The SMILES string of the molecule is CCC(C)(O)CSC(C)CCO. The van der Waals surface area contributed by atoms with E-state index in [1.807, 2.05) is 13.8 Å². The van der Waals surface area contributed by atoms with Gasteiger partial charge in [-0.05, 0) is 19.8 Å². The van der Waals surface area contributed by atoms with Crippen LogP contribution in [-0.2, 0) is 0 Å². The molecule has 74 valence electrons. The van der Waals surface area contributed by atoms with Crippen molar-refractivity contribution in [3.8, 4) is 0 Å². The molecule has 2 nitrogen and oxygen atoms in total. The molecule has 12 heavy (non-hydrogen) atoms. The number of aliphatic hydroxyl groups excluding tert-OH is 1. The van der Waals surface area contributed by atoms with Gasteiger partial charge in [0.05, 0.1) is 5.60 Å². The van der Waals surface area contributed by atoms with Crippen molar-refractivity contribution in [2.45, 2.75) is 44.5 Å². The lowest BCUT2D eigenvalue weighted by molar-refractivity contribution is 0.0814. The Kier molecular flexibility index (Phi) is 5.97. The standard InChI is InChI=1S/C9H20O2S/c1-4-9(3,11)7-12-8(2)5-6-10/h8,10-11H,4-7H2,1-3H3. The van der Waals surface area contributed by atoms with Crippen LogP contribution < -0.4 is 0 Å². The monoisotopic (exact) mass is 192 g/mol. The second kappa shape index (κ2) is 5.84. The molecule has 0 aliphatic heterocycles. The normalized spacial score (nSPS) is 18.8. The molecule has 0 fully saturated rings. The molecule has 0 aliphatic carbocycles. The van der Waals surface area contributed by atoms with Crippen molar-refractivity contribution in [1.82, 2.24) is 0 Å². The molecule has 0 aliphatic rings.